The van der Waals surface area contributed by atoms with Crippen LogP contribution in [0.5, 0.6) is 6.01 Å². The largest absolute Gasteiger partial charge is 0.463 e. The first-order valence-corrected chi connectivity index (χ1v) is 3.43. The average molecular weight is 224 g/mol. The summed E-state index contributed by atoms with van der Waals surface area (Å²) in [6, 6.07) is -0.448. The summed E-state index contributed by atoms with van der Waals surface area (Å²) in [7, 11) is 0. The van der Waals surface area contributed by atoms with Crippen LogP contribution >= 0.6 is 15.9 Å². The maximum Gasteiger partial charge on any atom is 0.316 e. The van der Waals surface area contributed by atoms with Gasteiger partial charge in [0.1, 0.15) is 0 Å². The summed E-state index contributed by atoms with van der Waals surface area (Å²) < 4.78 is 55.5. The monoisotopic (exact) mass is 223 g/mol. The zero-order chi connectivity index (χ0) is 14.2. The van der Waals surface area contributed by atoms with Gasteiger partial charge < -0.3 is 4.74 Å². The van der Waals surface area contributed by atoms with E-state index < -0.39 is 25.8 Å². The molecule has 1 aromatic rings. The smallest absolute Gasteiger partial charge is 0.316 e. The highest BCUT2D eigenvalue weighted by atomic mass is 79.9. The molecule has 0 aromatic carbocycles. The van der Waals surface area contributed by atoms with Crippen molar-refractivity contribution in [1.29, 1.82) is 0 Å². The lowest BCUT2D eigenvalue weighted by Crippen LogP contribution is -1.98. The van der Waals surface area contributed by atoms with E-state index in [9.17, 15) is 0 Å². The first-order valence-electron chi connectivity index (χ1n) is 6.14. The molecule has 11 heavy (non-hydrogen) atoms. The number of nitrogens with zero attached hydrogens (tertiary/aromatic N) is 2. The van der Waals surface area contributed by atoms with Gasteiger partial charge in [-0.15, -0.1) is 0 Å². The van der Waals surface area contributed by atoms with E-state index in [2.05, 4.69) is 30.6 Å². The highest BCUT2D eigenvalue weighted by molar-refractivity contribution is 9.10. The van der Waals surface area contributed by atoms with Crippen molar-refractivity contribution in [3.05, 3.63) is 16.9 Å². The van der Waals surface area contributed by atoms with Crippen LogP contribution in [-0.4, -0.2) is 16.5 Å². The van der Waals surface area contributed by atoms with Gasteiger partial charge in [-0.1, -0.05) is 6.85 Å². The number of aromatic nitrogens is 2. The van der Waals surface area contributed by atoms with Crippen LogP contribution in [-0.2, 0) is 0 Å². The number of halogens is 1. The van der Waals surface area contributed by atoms with E-state index >= 15 is 0 Å². The van der Waals surface area contributed by atoms with Gasteiger partial charge in [0.2, 0.25) is 0 Å². The molecule has 0 bridgehead atoms. The van der Waals surface area contributed by atoms with Crippen molar-refractivity contribution < 1.29 is 14.3 Å². The molecule has 1 aromatic heterocycles. The minimum Gasteiger partial charge on any atom is -0.463 e. The summed E-state index contributed by atoms with van der Waals surface area (Å²) in [5.41, 5.74) is 0. The zero-order valence-corrected chi connectivity index (χ0v) is 6.92. The second-order valence-electron chi connectivity index (χ2n) is 1.51. The first-order chi connectivity index (χ1) is 7.97. The van der Waals surface area contributed by atoms with E-state index in [0.717, 1.165) is 0 Å². The molecule has 3 nitrogen and oxygen atoms in total. The van der Waals surface area contributed by atoms with E-state index in [0.29, 0.717) is 4.47 Å². The van der Waals surface area contributed by atoms with Gasteiger partial charge in [-0.2, -0.15) is 0 Å². The molecule has 0 aliphatic heterocycles. The molecule has 0 saturated carbocycles. The van der Waals surface area contributed by atoms with Crippen LogP contribution in [0.1, 0.15) is 22.8 Å². The number of hydrogen-bond acceptors (Lipinski definition) is 3. The maximum atomic E-state index is 7.39. The molecule has 60 valence electrons. The third-order valence-corrected chi connectivity index (χ3v) is 1.20. The van der Waals surface area contributed by atoms with Crippen LogP contribution in [0.3, 0.4) is 0 Å². The van der Waals surface area contributed by atoms with E-state index in [1.807, 2.05) is 0 Å². The Labute approximate surface area is 83.8 Å². The Morgan fingerprint density at radius 1 is 1.73 bits per heavy atom. The fraction of sp³-hybridized carbons (Fsp3) is 0.429. The number of hydrogen-bond donors (Lipinski definition) is 0. The van der Waals surface area contributed by atoms with Crippen LogP contribution < -0.4 is 4.74 Å². The lowest BCUT2D eigenvalue weighted by molar-refractivity contribution is 0.292. The van der Waals surface area contributed by atoms with Crippen molar-refractivity contribution in [2.24, 2.45) is 0 Å². The Kier molecular flexibility index (Phi) is 1.17. The summed E-state index contributed by atoms with van der Waals surface area (Å²) >= 11 is 3.06. The van der Waals surface area contributed by atoms with Crippen LogP contribution in [0.2, 0.25) is 0 Å². The lowest BCUT2D eigenvalue weighted by Gasteiger charge is -1.99. The van der Waals surface area contributed by atoms with Gasteiger partial charge >= 0.3 is 6.01 Å². The van der Waals surface area contributed by atoms with Crippen LogP contribution in [0, 0.1) is 0 Å². The molecule has 0 radical (unpaired) electrons. The van der Waals surface area contributed by atoms with Gasteiger partial charge in [0, 0.05) is 19.2 Å². The van der Waals surface area contributed by atoms with Gasteiger partial charge in [0.25, 0.3) is 0 Å². The Morgan fingerprint density at radius 2 is 2.45 bits per heavy atom. The van der Waals surface area contributed by atoms with Crippen molar-refractivity contribution in [2.75, 3.05) is 6.56 Å². The molecule has 0 aliphatic carbocycles. The fourth-order valence-electron chi connectivity index (χ4n) is 0.424. The second-order valence-corrected chi connectivity index (χ2v) is 2.43. The van der Waals surface area contributed by atoms with Crippen molar-refractivity contribution in [2.45, 2.75) is 13.2 Å². The molecule has 0 aliphatic rings. The molecule has 1 rings (SSSR count). The molecular formula is C7H9BrN2O. The SMILES string of the molecule is [2H]C([2H])([2H])C([2H])([2H])C([2H])([2H])Oc1ncc(Br)cn1. The Balaban J connectivity index is 2.97. The molecule has 0 N–H and O–H groups in total. The first kappa shape index (κ1) is 3.01. The Morgan fingerprint density at radius 3 is 3.09 bits per heavy atom. The predicted molar refractivity (Wildman–Crippen MR) is 45.5 cm³/mol. The maximum absolute atomic E-state index is 7.39. The summed E-state index contributed by atoms with van der Waals surface area (Å²) in [6.07, 6.45) is -0.664. The van der Waals surface area contributed by atoms with E-state index in [4.69, 9.17) is 9.60 Å². The zero-order valence-electron chi connectivity index (χ0n) is 12.3. The molecule has 0 unspecified atom stereocenters. The quantitative estimate of drug-likeness (QED) is 0.787. The van der Waals surface area contributed by atoms with E-state index in [1.165, 1.54) is 12.4 Å². The molecule has 0 atom stereocenters. The molecular weight excluding hydrogens is 208 g/mol. The topological polar surface area (TPSA) is 35.0 Å². The van der Waals surface area contributed by atoms with Crippen molar-refractivity contribution in [3.8, 4) is 6.01 Å². The number of rotatable bonds is 3. The Bertz CT molecular complexity index is 419. The third-order valence-electron chi connectivity index (χ3n) is 0.790. The summed E-state index contributed by atoms with van der Waals surface area (Å²) in [4.78, 5) is 7.18. The molecule has 0 amide bonds. The van der Waals surface area contributed by atoms with Crippen molar-refractivity contribution in [3.63, 3.8) is 0 Å². The molecule has 0 saturated heterocycles. The Hall–Kier alpha value is -0.640. The van der Waals surface area contributed by atoms with Crippen molar-refractivity contribution in [1.82, 2.24) is 9.97 Å². The molecule has 0 spiro atoms. The molecule has 4 heteroatoms. The van der Waals surface area contributed by atoms with Gasteiger partial charge in [0.05, 0.1) is 13.8 Å². The van der Waals surface area contributed by atoms with Gasteiger partial charge in [0.15, 0.2) is 0 Å². The van der Waals surface area contributed by atoms with E-state index in [1.54, 1.807) is 0 Å². The minimum atomic E-state index is -3.20. The van der Waals surface area contributed by atoms with Crippen LogP contribution in [0.15, 0.2) is 16.9 Å². The lowest BCUT2D eigenvalue weighted by atomic mass is 10.5. The minimum absolute atomic E-state index is 0.448. The standard InChI is InChI=1S/C7H9BrN2O/c1-2-3-11-7-9-4-6(8)5-10-7/h4-5H,2-3H2,1H3/i1D3,2D2,3D2. The fourth-order valence-corrected chi connectivity index (χ4v) is 0.629. The summed E-state index contributed by atoms with van der Waals surface area (Å²) in [5.74, 6) is 0. The van der Waals surface area contributed by atoms with E-state index in [-0.39, 0.29) is 0 Å². The van der Waals surface area contributed by atoms with Gasteiger partial charge in [-0.3, -0.25) is 0 Å². The van der Waals surface area contributed by atoms with Crippen LogP contribution in [0.4, 0.5) is 0 Å². The predicted octanol–water partition coefficient (Wildman–Crippen LogP) is 2.03. The van der Waals surface area contributed by atoms with Crippen molar-refractivity contribution >= 4 is 15.9 Å². The molecule has 1 heterocycles. The highest BCUT2D eigenvalue weighted by Gasteiger charge is 1.94. The van der Waals surface area contributed by atoms with Gasteiger partial charge in [-0.05, 0) is 22.3 Å². The van der Waals surface area contributed by atoms with Gasteiger partial charge in [-0.25, -0.2) is 9.97 Å². The highest BCUT2D eigenvalue weighted by Crippen LogP contribution is 2.07. The molecule has 0 fully saturated rings. The second kappa shape index (κ2) is 4.28. The third kappa shape index (κ3) is 2.84. The number of ether oxygens (including phenoxy) is 1. The van der Waals surface area contributed by atoms with Crippen LogP contribution in [0.25, 0.3) is 0 Å². The summed E-state index contributed by atoms with van der Waals surface area (Å²) in [6.45, 7) is -6.27. The normalized spacial score (nSPS) is 22.8. The summed E-state index contributed by atoms with van der Waals surface area (Å²) in [5, 5.41) is 0. The average Bonchev–Trinajstić information content (AvgIpc) is 2.19.